The lowest BCUT2D eigenvalue weighted by Crippen LogP contribution is -2.45. The highest BCUT2D eigenvalue weighted by molar-refractivity contribution is 5.36. The van der Waals surface area contributed by atoms with Crippen LogP contribution in [0.2, 0.25) is 0 Å². The molecule has 0 bridgehead atoms. The Hall–Kier alpha value is -2.38. The minimum atomic E-state index is -0.426. The highest BCUT2D eigenvalue weighted by Crippen LogP contribution is 2.40. The molecule has 126 valence electrons. The van der Waals surface area contributed by atoms with E-state index in [2.05, 4.69) is 29.7 Å². The van der Waals surface area contributed by atoms with E-state index in [0.29, 0.717) is 11.9 Å². The highest BCUT2D eigenvalue weighted by Gasteiger charge is 2.42. The van der Waals surface area contributed by atoms with Crippen molar-refractivity contribution in [1.82, 2.24) is 19.9 Å². The van der Waals surface area contributed by atoms with Crippen molar-refractivity contribution in [2.24, 2.45) is 5.41 Å². The Morgan fingerprint density at radius 3 is 1.79 bits per heavy atom. The normalized spacial score (nSPS) is 23.9. The third kappa shape index (κ3) is 2.88. The van der Waals surface area contributed by atoms with Crippen LogP contribution in [0.25, 0.3) is 0 Å². The van der Waals surface area contributed by atoms with Crippen LogP contribution in [-0.4, -0.2) is 46.1 Å². The van der Waals surface area contributed by atoms with Gasteiger partial charge in [-0.3, -0.25) is 0 Å². The molecule has 2 saturated heterocycles. The average Bonchev–Trinajstić information content (AvgIpc) is 2.99. The zero-order chi connectivity index (χ0) is 16.6. The van der Waals surface area contributed by atoms with Crippen molar-refractivity contribution in [2.45, 2.75) is 19.3 Å². The van der Waals surface area contributed by atoms with Crippen LogP contribution in [0, 0.1) is 17.0 Å². The first kappa shape index (κ1) is 15.2. The Morgan fingerprint density at radius 2 is 1.25 bits per heavy atom. The fourth-order valence-electron chi connectivity index (χ4n) is 3.76. The molecule has 6 nitrogen and oxygen atoms in total. The second-order valence-electron chi connectivity index (χ2n) is 6.60. The van der Waals surface area contributed by atoms with E-state index in [1.54, 1.807) is 0 Å². The molecule has 1 atom stereocenters. The van der Waals surface area contributed by atoms with E-state index in [-0.39, 0.29) is 5.41 Å². The number of aromatic nitrogens is 4. The molecular weight excluding hydrogens is 314 g/mol. The van der Waals surface area contributed by atoms with Gasteiger partial charge in [-0.1, -0.05) is 0 Å². The average molecular weight is 332 g/mol. The number of anilines is 2. The second kappa shape index (κ2) is 5.92. The summed E-state index contributed by atoms with van der Waals surface area (Å²) in [5.74, 6) is 0.298. The maximum atomic E-state index is 13.0. The zero-order valence-corrected chi connectivity index (χ0v) is 13.2. The van der Waals surface area contributed by atoms with Gasteiger partial charge in [0.05, 0.1) is 24.8 Å². The Labute approximate surface area is 138 Å². The van der Waals surface area contributed by atoms with Crippen LogP contribution in [-0.2, 0) is 0 Å². The number of rotatable bonds is 2. The van der Waals surface area contributed by atoms with Gasteiger partial charge in [-0.25, -0.2) is 28.7 Å². The molecular formula is C16H18F2N6. The van der Waals surface area contributed by atoms with Gasteiger partial charge in [0.2, 0.25) is 11.9 Å². The largest absolute Gasteiger partial charge is 0.340 e. The smallest absolute Gasteiger partial charge is 0.225 e. The molecule has 2 fully saturated rings. The quantitative estimate of drug-likeness (QED) is 0.839. The molecule has 24 heavy (non-hydrogen) atoms. The molecule has 2 aromatic rings. The molecule has 8 heteroatoms. The van der Waals surface area contributed by atoms with Crippen molar-refractivity contribution in [3.63, 3.8) is 0 Å². The van der Waals surface area contributed by atoms with Gasteiger partial charge in [0.15, 0.2) is 11.6 Å². The summed E-state index contributed by atoms with van der Waals surface area (Å²) in [5, 5.41) is 0. The second-order valence-corrected chi connectivity index (χ2v) is 6.60. The molecule has 0 N–H and O–H groups in total. The molecule has 0 radical (unpaired) electrons. The maximum Gasteiger partial charge on any atom is 0.225 e. The number of hydrogen-bond acceptors (Lipinski definition) is 6. The van der Waals surface area contributed by atoms with E-state index >= 15 is 0 Å². The van der Waals surface area contributed by atoms with Crippen molar-refractivity contribution in [3.8, 4) is 0 Å². The Morgan fingerprint density at radius 1 is 0.750 bits per heavy atom. The van der Waals surface area contributed by atoms with Gasteiger partial charge in [-0.05, 0) is 19.3 Å². The predicted octanol–water partition coefficient (Wildman–Crippen LogP) is 2.04. The lowest BCUT2D eigenvalue weighted by atomic mass is 9.79. The van der Waals surface area contributed by atoms with E-state index in [9.17, 15) is 8.78 Å². The van der Waals surface area contributed by atoms with Crippen LogP contribution in [0.5, 0.6) is 0 Å². The van der Waals surface area contributed by atoms with E-state index in [4.69, 9.17) is 0 Å². The molecule has 2 aliphatic heterocycles. The van der Waals surface area contributed by atoms with Crippen LogP contribution in [0.15, 0.2) is 24.8 Å². The van der Waals surface area contributed by atoms with Crippen LogP contribution < -0.4 is 9.80 Å². The maximum absolute atomic E-state index is 13.0. The fraction of sp³-hybridized carbons (Fsp3) is 0.500. The van der Waals surface area contributed by atoms with Crippen molar-refractivity contribution in [2.75, 3.05) is 36.0 Å². The summed E-state index contributed by atoms with van der Waals surface area (Å²) in [5.41, 5.74) is 0.119. The molecule has 0 unspecified atom stereocenters. The Kier molecular flexibility index (Phi) is 3.74. The minimum absolute atomic E-state index is 0.119. The molecule has 4 heterocycles. The lowest BCUT2D eigenvalue weighted by molar-refractivity contribution is 0.262. The summed E-state index contributed by atoms with van der Waals surface area (Å²) >= 11 is 0. The van der Waals surface area contributed by atoms with E-state index in [1.165, 1.54) is 24.8 Å². The number of nitrogens with zero attached hydrogens (tertiary/aromatic N) is 6. The fourth-order valence-corrected chi connectivity index (χ4v) is 3.76. The van der Waals surface area contributed by atoms with Crippen molar-refractivity contribution in [3.05, 3.63) is 36.4 Å². The summed E-state index contributed by atoms with van der Waals surface area (Å²) < 4.78 is 26.0. The van der Waals surface area contributed by atoms with Crippen molar-refractivity contribution in [1.29, 1.82) is 0 Å². The number of halogens is 2. The van der Waals surface area contributed by atoms with Gasteiger partial charge in [0.25, 0.3) is 0 Å². The third-order valence-electron chi connectivity index (χ3n) is 4.88. The van der Waals surface area contributed by atoms with Crippen LogP contribution in [0.3, 0.4) is 0 Å². The van der Waals surface area contributed by atoms with Gasteiger partial charge in [-0.2, -0.15) is 0 Å². The summed E-state index contributed by atoms with van der Waals surface area (Å²) in [4.78, 5) is 20.6. The van der Waals surface area contributed by atoms with E-state index < -0.39 is 11.6 Å². The van der Waals surface area contributed by atoms with Gasteiger partial charge >= 0.3 is 0 Å². The first-order valence-corrected chi connectivity index (χ1v) is 8.09. The van der Waals surface area contributed by atoms with Gasteiger partial charge in [0.1, 0.15) is 0 Å². The molecule has 1 spiro atoms. The third-order valence-corrected chi connectivity index (χ3v) is 4.88. The summed E-state index contributed by atoms with van der Waals surface area (Å²) in [6.07, 6.45) is 7.99. The first-order valence-electron chi connectivity index (χ1n) is 8.09. The van der Waals surface area contributed by atoms with Crippen molar-refractivity contribution >= 4 is 11.9 Å². The van der Waals surface area contributed by atoms with Gasteiger partial charge in [-0.15, -0.1) is 0 Å². The van der Waals surface area contributed by atoms with Crippen LogP contribution in [0.1, 0.15) is 19.3 Å². The summed E-state index contributed by atoms with van der Waals surface area (Å²) in [6, 6.07) is 0. The van der Waals surface area contributed by atoms with E-state index in [0.717, 1.165) is 45.4 Å². The molecule has 0 saturated carbocycles. The Bertz CT molecular complexity index is 708. The first-order chi connectivity index (χ1) is 11.6. The van der Waals surface area contributed by atoms with E-state index in [1.807, 2.05) is 0 Å². The molecule has 2 aromatic heterocycles. The SMILES string of the molecule is Fc1cnc(N2CCC[C@@]3(CCN(c4ncc(F)cn4)C3)C2)nc1. The van der Waals surface area contributed by atoms with Crippen LogP contribution >= 0.6 is 0 Å². The summed E-state index contributed by atoms with van der Waals surface area (Å²) in [6.45, 7) is 3.39. The lowest BCUT2D eigenvalue weighted by Gasteiger charge is -2.40. The highest BCUT2D eigenvalue weighted by atomic mass is 19.1. The van der Waals surface area contributed by atoms with Gasteiger partial charge < -0.3 is 9.80 Å². The van der Waals surface area contributed by atoms with Crippen LogP contribution in [0.4, 0.5) is 20.7 Å². The Balaban J connectivity index is 1.49. The monoisotopic (exact) mass is 332 g/mol. The predicted molar refractivity (Wildman–Crippen MR) is 84.7 cm³/mol. The molecule has 2 aliphatic rings. The number of piperidine rings is 1. The minimum Gasteiger partial charge on any atom is -0.340 e. The zero-order valence-electron chi connectivity index (χ0n) is 13.2. The summed E-state index contributed by atoms with van der Waals surface area (Å²) in [7, 11) is 0. The number of hydrogen-bond donors (Lipinski definition) is 0. The molecule has 0 amide bonds. The van der Waals surface area contributed by atoms with Crippen molar-refractivity contribution < 1.29 is 8.78 Å². The standard InChI is InChI=1S/C16H18F2N6/c17-12-6-19-14(20-7-12)23-4-1-2-16(10-23)3-5-24(11-16)15-21-8-13(18)9-22-15/h6-9H,1-5,10-11H2/t16-/m1/s1. The van der Waals surface area contributed by atoms with Gasteiger partial charge in [0, 0.05) is 31.6 Å². The molecule has 0 aliphatic carbocycles. The topological polar surface area (TPSA) is 58.0 Å². The molecule has 0 aromatic carbocycles. The molecule has 4 rings (SSSR count).